The van der Waals surface area contributed by atoms with Crippen LogP contribution in [0.3, 0.4) is 0 Å². The van der Waals surface area contributed by atoms with E-state index in [-0.39, 0.29) is 5.91 Å². The van der Waals surface area contributed by atoms with E-state index < -0.39 is 0 Å². The summed E-state index contributed by atoms with van der Waals surface area (Å²) in [6.45, 7) is 5.00. The average Bonchev–Trinajstić information content (AvgIpc) is 3.12. The number of hydrogen-bond donors (Lipinski definition) is 1. The fraction of sp³-hybridized carbons (Fsp3) is 0.250. The molecule has 2 heterocycles. The molecule has 0 aliphatic heterocycles. The van der Waals surface area contributed by atoms with Crippen LogP contribution in [0, 0.1) is 13.8 Å². The molecule has 0 spiro atoms. The quantitative estimate of drug-likeness (QED) is 0.780. The largest absolute Gasteiger partial charge is 0.346 e. The first-order chi connectivity index (χ1) is 11.1. The first kappa shape index (κ1) is 15.4. The highest BCUT2D eigenvalue weighted by molar-refractivity contribution is 7.11. The van der Waals surface area contributed by atoms with Gasteiger partial charge in [-0.05, 0) is 26.0 Å². The molecule has 6 nitrogen and oxygen atoms in total. The van der Waals surface area contributed by atoms with Gasteiger partial charge in [0, 0.05) is 10.4 Å². The maximum atomic E-state index is 12.0. The summed E-state index contributed by atoms with van der Waals surface area (Å²) in [5.74, 6) is -0.117. The van der Waals surface area contributed by atoms with E-state index >= 15 is 0 Å². The fourth-order valence-corrected chi connectivity index (χ4v) is 3.16. The lowest BCUT2D eigenvalue weighted by Gasteiger charge is -2.02. The van der Waals surface area contributed by atoms with Gasteiger partial charge < -0.3 is 5.32 Å². The van der Waals surface area contributed by atoms with Crippen molar-refractivity contribution in [2.45, 2.75) is 26.9 Å². The van der Waals surface area contributed by atoms with Crippen molar-refractivity contribution in [3.8, 4) is 0 Å². The molecule has 1 amide bonds. The van der Waals surface area contributed by atoms with Gasteiger partial charge >= 0.3 is 0 Å². The Morgan fingerprint density at radius 3 is 2.74 bits per heavy atom. The monoisotopic (exact) mass is 327 g/mol. The van der Waals surface area contributed by atoms with E-state index in [0.717, 1.165) is 16.4 Å². The molecule has 3 rings (SSSR count). The number of carbonyl (C=O) groups excluding carboxylic acids is 1. The molecule has 0 aliphatic rings. The zero-order valence-corrected chi connectivity index (χ0v) is 13.8. The zero-order valence-electron chi connectivity index (χ0n) is 13.0. The number of aromatic nitrogens is 4. The van der Waals surface area contributed by atoms with Crippen LogP contribution in [0.15, 0.2) is 36.5 Å². The van der Waals surface area contributed by atoms with Gasteiger partial charge in [0.25, 0.3) is 5.91 Å². The SMILES string of the molecule is Cc1nc(C)c(Cn2cc(CNC(=O)c3ccccc3)nn2)s1. The molecule has 0 saturated heterocycles. The van der Waals surface area contributed by atoms with Gasteiger partial charge in [-0.25, -0.2) is 9.67 Å². The fourth-order valence-electron chi connectivity index (χ4n) is 2.23. The number of aryl methyl sites for hydroxylation is 2. The number of carbonyl (C=O) groups is 1. The molecule has 1 N–H and O–H groups in total. The van der Waals surface area contributed by atoms with Crippen LogP contribution in [0.1, 0.15) is 31.6 Å². The minimum absolute atomic E-state index is 0.117. The van der Waals surface area contributed by atoms with Gasteiger partial charge in [-0.2, -0.15) is 0 Å². The standard InChI is InChI=1S/C16H17N5OS/c1-11-15(23-12(2)18-11)10-21-9-14(19-20-21)8-17-16(22)13-6-4-3-5-7-13/h3-7,9H,8,10H2,1-2H3,(H,17,22). The van der Waals surface area contributed by atoms with Crippen molar-refractivity contribution in [1.82, 2.24) is 25.3 Å². The van der Waals surface area contributed by atoms with Crippen molar-refractivity contribution in [2.75, 3.05) is 0 Å². The summed E-state index contributed by atoms with van der Waals surface area (Å²) < 4.78 is 1.77. The van der Waals surface area contributed by atoms with Crippen LogP contribution in [0.5, 0.6) is 0 Å². The minimum Gasteiger partial charge on any atom is -0.346 e. The van der Waals surface area contributed by atoms with Crippen molar-refractivity contribution in [2.24, 2.45) is 0 Å². The van der Waals surface area contributed by atoms with Gasteiger partial charge in [-0.3, -0.25) is 4.79 Å². The van der Waals surface area contributed by atoms with E-state index in [1.807, 2.05) is 38.2 Å². The van der Waals surface area contributed by atoms with Crippen LogP contribution in [0.25, 0.3) is 0 Å². The van der Waals surface area contributed by atoms with Crippen molar-refractivity contribution >= 4 is 17.2 Å². The molecular formula is C16H17N5OS. The molecule has 0 fully saturated rings. The number of thiazole rings is 1. The Morgan fingerprint density at radius 2 is 2.04 bits per heavy atom. The van der Waals surface area contributed by atoms with Gasteiger partial charge in [0.15, 0.2) is 0 Å². The van der Waals surface area contributed by atoms with Crippen molar-refractivity contribution in [3.63, 3.8) is 0 Å². The lowest BCUT2D eigenvalue weighted by atomic mass is 10.2. The highest BCUT2D eigenvalue weighted by atomic mass is 32.1. The first-order valence-electron chi connectivity index (χ1n) is 7.27. The van der Waals surface area contributed by atoms with Crippen LogP contribution in [-0.2, 0) is 13.1 Å². The Kier molecular flexibility index (Phi) is 4.47. The van der Waals surface area contributed by atoms with Gasteiger partial charge in [0.2, 0.25) is 0 Å². The first-order valence-corrected chi connectivity index (χ1v) is 8.08. The van der Waals surface area contributed by atoms with Gasteiger partial charge in [-0.15, -0.1) is 16.4 Å². The Bertz CT molecular complexity index is 809. The summed E-state index contributed by atoms with van der Waals surface area (Å²) in [7, 11) is 0. The Morgan fingerprint density at radius 1 is 1.26 bits per heavy atom. The maximum Gasteiger partial charge on any atom is 0.251 e. The molecule has 0 atom stereocenters. The lowest BCUT2D eigenvalue weighted by molar-refractivity contribution is 0.0950. The van der Waals surface area contributed by atoms with Crippen LogP contribution < -0.4 is 5.32 Å². The van der Waals surface area contributed by atoms with Gasteiger partial charge in [0.05, 0.1) is 30.0 Å². The Balaban J connectivity index is 1.59. The molecule has 0 radical (unpaired) electrons. The highest BCUT2D eigenvalue weighted by Gasteiger charge is 2.09. The molecule has 2 aromatic heterocycles. The molecule has 0 aliphatic carbocycles. The topological polar surface area (TPSA) is 72.7 Å². The molecular weight excluding hydrogens is 310 g/mol. The summed E-state index contributed by atoms with van der Waals surface area (Å²) >= 11 is 1.66. The number of rotatable bonds is 5. The zero-order chi connectivity index (χ0) is 16.2. The second kappa shape index (κ2) is 6.70. The van der Waals surface area contributed by atoms with Gasteiger partial charge in [0.1, 0.15) is 5.69 Å². The summed E-state index contributed by atoms with van der Waals surface area (Å²) in [5.41, 5.74) is 2.39. The van der Waals surface area contributed by atoms with E-state index in [4.69, 9.17) is 0 Å². The van der Waals surface area contributed by atoms with E-state index in [2.05, 4.69) is 20.6 Å². The summed E-state index contributed by atoms with van der Waals surface area (Å²) in [4.78, 5) is 17.6. The normalized spacial score (nSPS) is 10.7. The average molecular weight is 327 g/mol. The third-order valence-electron chi connectivity index (χ3n) is 3.36. The lowest BCUT2D eigenvalue weighted by Crippen LogP contribution is -2.22. The smallest absolute Gasteiger partial charge is 0.251 e. The summed E-state index contributed by atoms with van der Waals surface area (Å²) in [6.07, 6.45) is 1.85. The molecule has 3 aromatic rings. The Labute approximate surface area is 138 Å². The molecule has 23 heavy (non-hydrogen) atoms. The summed E-state index contributed by atoms with van der Waals surface area (Å²) in [5, 5.41) is 12.1. The van der Waals surface area contributed by atoms with E-state index in [9.17, 15) is 4.79 Å². The van der Waals surface area contributed by atoms with Gasteiger partial charge in [-0.1, -0.05) is 23.4 Å². The number of amides is 1. The minimum atomic E-state index is -0.117. The molecule has 0 bridgehead atoms. The number of benzene rings is 1. The number of nitrogens with zero attached hydrogens (tertiary/aromatic N) is 4. The number of hydrogen-bond acceptors (Lipinski definition) is 5. The van der Waals surface area contributed by atoms with Crippen LogP contribution in [0.4, 0.5) is 0 Å². The predicted molar refractivity (Wildman–Crippen MR) is 88.3 cm³/mol. The molecule has 0 unspecified atom stereocenters. The second-order valence-electron chi connectivity index (χ2n) is 5.20. The second-order valence-corrected chi connectivity index (χ2v) is 6.49. The van der Waals surface area contributed by atoms with Crippen LogP contribution in [0.2, 0.25) is 0 Å². The summed E-state index contributed by atoms with van der Waals surface area (Å²) in [6, 6.07) is 9.11. The van der Waals surface area contributed by atoms with Crippen molar-refractivity contribution in [3.05, 3.63) is 63.4 Å². The molecule has 0 saturated carbocycles. The van der Waals surface area contributed by atoms with Crippen LogP contribution >= 0.6 is 11.3 Å². The maximum absolute atomic E-state index is 12.0. The Hall–Kier alpha value is -2.54. The highest BCUT2D eigenvalue weighted by Crippen LogP contribution is 2.17. The molecule has 1 aromatic carbocycles. The predicted octanol–water partition coefficient (Wildman–Crippen LogP) is 2.33. The molecule has 7 heteroatoms. The van der Waals surface area contributed by atoms with E-state index in [1.165, 1.54) is 4.88 Å². The third-order valence-corrected chi connectivity index (χ3v) is 4.41. The number of nitrogens with one attached hydrogen (secondary N) is 1. The van der Waals surface area contributed by atoms with E-state index in [1.54, 1.807) is 28.2 Å². The van der Waals surface area contributed by atoms with E-state index in [0.29, 0.717) is 18.7 Å². The molecule has 118 valence electrons. The van der Waals surface area contributed by atoms with Crippen molar-refractivity contribution in [1.29, 1.82) is 0 Å². The van der Waals surface area contributed by atoms with Crippen molar-refractivity contribution < 1.29 is 4.79 Å². The third kappa shape index (κ3) is 3.81. The van der Waals surface area contributed by atoms with Crippen LogP contribution in [-0.4, -0.2) is 25.9 Å².